The number of nitrogens with zero attached hydrogens (tertiary/aromatic N) is 4. The number of carbonyl (C=O) groups is 1. The number of carbonyl (C=O) groups excluding carboxylic acids is 1. The first-order valence-electron chi connectivity index (χ1n) is 6.32. The van der Waals surface area contributed by atoms with Gasteiger partial charge in [0.15, 0.2) is 0 Å². The van der Waals surface area contributed by atoms with Crippen LogP contribution < -0.4 is 10.6 Å². The molecular formula is C12H9F3N6OS. The van der Waals surface area contributed by atoms with E-state index in [1.807, 2.05) is 0 Å². The number of hydrogen-bond acceptors (Lipinski definition) is 5. The average molecular weight is 342 g/mol. The molecule has 2 N–H and O–H groups in total. The molecule has 7 nitrogen and oxygen atoms in total. The first kappa shape index (κ1) is 15.2. The van der Waals surface area contributed by atoms with E-state index in [-0.39, 0.29) is 16.5 Å². The van der Waals surface area contributed by atoms with Gasteiger partial charge in [0.1, 0.15) is 5.01 Å². The van der Waals surface area contributed by atoms with Gasteiger partial charge in [-0.15, -0.1) is 10.2 Å². The number of rotatable bonds is 3. The second-order valence-electron chi connectivity index (χ2n) is 4.39. The molecule has 0 saturated carbocycles. The van der Waals surface area contributed by atoms with Crippen molar-refractivity contribution in [3.8, 4) is 0 Å². The Morgan fingerprint density at radius 1 is 1.22 bits per heavy atom. The van der Waals surface area contributed by atoms with E-state index in [1.165, 1.54) is 0 Å². The minimum absolute atomic E-state index is 0.0117. The van der Waals surface area contributed by atoms with Crippen molar-refractivity contribution in [1.29, 1.82) is 0 Å². The molecule has 2 heterocycles. The predicted molar refractivity (Wildman–Crippen MR) is 76.0 cm³/mol. The number of hydrogen-bond donors (Lipinski definition) is 2. The molecule has 0 aliphatic rings. The van der Waals surface area contributed by atoms with E-state index < -0.39 is 18.0 Å². The fourth-order valence-electron chi connectivity index (χ4n) is 1.76. The molecule has 1 aromatic carbocycles. The average Bonchev–Trinajstić information content (AvgIpc) is 3.04. The molecule has 0 aliphatic carbocycles. The van der Waals surface area contributed by atoms with Crippen molar-refractivity contribution < 1.29 is 18.0 Å². The van der Waals surface area contributed by atoms with E-state index in [2.05, 4.69) is 25.9 Å². The fraction of sp³-hybridized carbons (Fsp3) is 0.167. The summed E-state index contributed by atoms with van der Waals surface area (Å²) >= 11 is 0.918. The monoisotopic (exact) mass is 342 g/mol. The summed E-state index contributed by atoms with van der Waals surface area (Å²) in [6.45, 7) is -0.0238. The number of benzene rings is 1. The Morgan fingerprint density at radius 2 is 1.96 bits per heavy atom. The van der Waals surface area contributed by atoms with Gasteiger partial charge < -0.3 is 10.6 Å². The first-order valence-corrected chi connectivity index (χ1v) is 7.13. The highest BCUT2D eigenvalue weighted by Crippen LogP contribution is 2.28. The van der Waals surface area contributed by atoms with Crippen molar-refractivity contribution in [2.24, 2.45) is 0 Å². The third kappa shape index (κ3) is 3.39. The van der Waals surface area contributed by atoms with Crippen LogP contribution in [0.25, 0.3) is 4.96 Å². The summed E-state index contributed by atoms with van der Waals surface area (Å²) in [4.78, 5) is 11.7. The second-order valence-corrected chi connectivity index (χ2v) is 5.43. The summed E-state index contributed by atoms with van der Waals surface area (Å²) in [5.74, 6) is -1.19. The summed E-state index contributed by atoms with van der Waals surface area (Å²) in [5, 5.41) is 15.6. The maximum absolute atomic E-state index is 12.7. The number of alkyl halides is 3. The van der Waals surface area contributed by atoms with Crippen molar-refractivity contribution in [2.45, 2.75) is 12.7 Å². The van der Waals surface area contributed by atoms with Gasteiger partial charge in [0.05, 0.1) is 6.54 Å². The number of nitrogens with one attached hydrogen (secondary N) is 2. The van der Waals surface area contributed by atoms with E-state index >= 15 is 0 Å². The molecule has 3 aromatic rings. The van der Waals surface area contributed by atoms with Crippen LogP contribution in [0.1, 0.15) is 10.8 Å². The highest BCUT2D eigenvalue weighted by molar-refractivity contribution is 7.16. The van der Waals surface area contributed by atoms with Crippen molar-refractivity contribution in [2.75, 3.05) is 5.32 Å². The van der Waals surface area contributed by atoms with Crippen molar-refractivity contribution in [3.05, 3.63) is 41.2 Å². The van der Waals surface area contributed by atoms with Crippen molar-refractivity contribution in [3.63, 3.8) is 0 Å². The number of aromatic nitrogens is 4. The van der Waals surface area contributed by atoms with Crippen molar-refractivity contribution in [1.82, 2.24) is 25.1 Å². The smallest absolute Gasteiger partial charge is 0.331 e. The summed E-state index contributed by atoms with van der Waals surface area (Å²) in [7, 11) is 0. The molecule has 3 rings (SSSR count). The highest BCUT2D eigenvalue weighted by atomic mass is 32.1. The third-order valence-corrected chi connectivity index (χ3v) is 3.62. The lowest BCUT2D eigenvalue weighted by Crippen LogP contribution is -2.28. The van der Waals surface area contributed by atoms with Gasteiger partial charge in [-0.1, -0.05) is 29.5 Å². The van der Waals surface area contributed by atoms with Crippen LogP contribution in [0.2, 0.25) is 0 Å². The number of amides is 2. The zero-order valence-electron chi connectivity index (χ0n) is 11.3. The molecule has 0 bridgehead atoms. The van der Waals surface area contributed by atoms with Crippen LogP contribution in [0.3, 0.4) is 0 Å². The molecule has 120 valence electrons. The number of urea groups is 1. The maximum atomic E-state index is 12.7. The molecule has 2 amide bonds. The standard InChI is InChI=1S/C12H9F3N6OS/c13-12(14,15)9-18-19-11-21(9)20-8(23-11)6-16-10(22)17-7-4-2-1-3-5-7/h1-5H,6H2,(H2,16,17,22). The topological polar surface area (TPSA) is 84.2 Å². The minimum Gasteiger partial charge on any atom is -0.331 e. The zero-order chi connectivity index (χ0) is 16.4. The van der Waals surface area contributed by atoms with E-state index in [0.29, 0.717) is 10.2 Å². The predicted octanol–water partition coefficient (Wildman–Crippen LogP) is 2.53. The van der Waals surface area contributed by atoms with Crippen LogP contribution in [-0.4, -0.2) is 25.8 Å². The Labute approximate surface area is 131 Å². The molecule has 11 heteroatoms. The molecule has 0 saturated heterocycles. The summed E-state index contributed by atoms with van der Waals surface area (Å²) < 4.78 is 38.7. The van der Waals surface area contributed by atoms with Crippen LogP contribution in [-0.2, 0) is 12.7 Å². The lowest BCUT2D eigenvalue weighted by atomic mass is 10.3. The van der Waals surface area contributed by atoms with Crippen molar-refractivity contribution >= 4 is 28.0 Å². The SMILES string of the molecule is O=C(NCc1nn2c(C(F)(F)F)nnc2s1)Nc1ccccc1. The molecule has 2 aromatic heterocycles. The first-order chi connectivity index (χ1) is 10.9. The highest BCUT2D eigenvalue weighted by Gasteiger charge is 2.38. The van der Waals surface area contributed by atoms with Gasteiger partial charge in [-0.25, -0.2) is 4.79 Å². The van der Waals surface area contributed by atoms with Crippen LogP contribution >= 0.6 is 11.3 Å². The molecule has 0 atom stereocenters. The zero-order valence-corrected chi connectivity index (χ0v) is 12.1. The van der Waals surface area contributed by atoms with Gasteiger partial charge in [0, 0.05) is 5.69 Å². The Kier molecular flexibility index (Phi) is 3.86. The van der Waals surface area contributed by atoms with Gasteiger partial charge >= 0.3 is 12.2 Å². The quantitative estimate of drug-likeness (QED) is 0.766. The molecule has 0 fully saturated rings. The van der Waals surface area contributed by atoms with Gasteiger partial charge in [-0.3, -0.25) is 0 Å². The molecule has 0 spiro atoms. The molecule has 23 heavy (non-hydrogen) atoms. The van der Waals surface area contributed by atoms with Crippen LogP contribution in [0, 0.1) is 0 Å². The number of halogens is 3. The molecule has 0 aliphatic heterocycles. The van der Waals surface area contributed by atoms with Crippen LogP contribution in [0.4, 0.5) is 23.7 Å². The third-order valence-electron chi connectivity index (χ3n) is 2.72. The minimum atomic E-state index is -4.64. The summed E-state index contributed by atoms with van der Waals surface area (Å²) in [6.07, 6.45) is -4.64. The lowest BCUT2D eigenvalue weighted by Gasteiger charge is -2.05. The van der Waals surface area contributed by atoms with Gasteiger partial charge in [-0.05, 0) is 12.1 Å². The Hall–Kier alpha value is -2.69. The van der Waals surface area contributed by atoms with E-state index in [9.17, 15) is 18.0 Å². The molecular weight excluding hydrogens is 333 g/mol. The van der Waals surface area contributed by atoms with Gasteiger partial charge in [0.25, 0.3) is 5.82 Å². The normalized spacial score (nSPS) is 11.6. The van der Waals surface area contributed by atoms with Crippen LogP contribution in [0.5, 0.6) is 0 Å². The Balaban J connectivity index is 1.66. The van der Waals surface area contributed by atoms with E-state index in [1.54, 1.807) is 30.3 Å². The fourth-order valence-corrected chi connectivity index (χ4v) is 2.53. The summed E-state index contributed by atoms with van der Waals surface area (Å²) in [6, 6.07) is 8.25. The Morgan fingerprint density at radius 3 is 2.65 bits per heavy atom. The second kappa shape index (κ2) is 5.83. The maximum Gasteiger partial charge on any atom is 0.453 e. The van der Waals surface area contributed by atoms with Gasteiger partial charge in [0.2, 0.25) is 4.96 Å². The Bertz CT molecular complexity index is 828. The summed E-state index contributed by atoms with van der Waals surface area (Å²) in [5.41, 5.74) is 0.600. The molecule has 0 radical (unpaired) electrons. The van der Waals surface area contributed by atoms with Crippen LogP contribution in [0.15, 0.2) is 30.3 Å². The number of fused-ring (bicyclic) bond motifs is 1. The largest absolute Gasteiger partial charge is 0.453 e. The number of para-hydroxylation sites is 1. The van der Waals surface area contributed by atoms with Gasteiger partial charge in [-0.2, -0.15) is 22.8 Å². The lowest BCUT2D eigenvalue weighted by molar-refractivity contribution is -0.146. The van der Waals surface area contributed by atoms with E-state index in [0.717, 1.165) is 11.3 Å². The molecule has 0 unspecified atom stereocenters. The number of anilines is 1. The van der Waals surface area contributed by atoms with E-state index in [4.69, 9.17) is 0 Å².